The van der Waals surface area contributed by atoms with Gasteiger partial charge < -0.3 is 9.64 Å². The van der Waals surface area contributed by atoms with Crippen molar-refractivity contribution in [3.05, 3.63) is 16.2 Å². The van der Waals surface area contributed by atoms with Crippen LogP contribution in [-0.4, -0.2) is 37.6 Å². The number of methoxy groups -OCH3 is 1. The first-order chi connectivity index (χ1) is 9.74. The van der Waals surface area contributed by atoms with Gasteiger partial charge in [-0.1, -0.05) is 0 Å². The molecule has 0 radical (unpaired) electrons. The summed E-state index contributed by atoms with van der Waals surface area (Å²) in [6.45, 7) is 0.0196. The average Bonchev–Trinajstić information content (AvgIpc) is 2.56. The lowest BCUT2D eigenvalue weighted by Gasteiger charge is -2.23. The molecular formula is C13H14BrF3N2O2. The van der Waals surface area contributed by atoms with E-state index in [2.05, 4.69) is 20.9 Å². The Bertz CT molecular complexity index is 563. The molecule has 1 unspecified atom stereocenters. The molecule has 21 heavy (non-hydrogen) atoms. The van der Waals surface area contributed by atoms with Gasteiger partial charge in [-0.05, 0) is 34.8 Å². The Hall–Kier alpha value is -1.31. The van der Waals surface area contributed by atoms with E-state index in [1.807, 2.05) is 0 Å². The molecule has 2 heterocycles. The maximum atomic E-state index is 12.6. The van der Waals surface area contributed by atoms with Gasteiger partial charge in [-0.15, -0.1) is 0 Å². The molecule has 1 aromatic heterocycles. The SMILES string of the molecule is COc1nc2c(cc1Br)N(C)CC(C(=O)C(F)(F)F)CC2. The average molecular weight is 367 g/mol. The van der Waals surface area contributed by atoms with Gasteiger partial charge in [0.1, 0.15) is 0 Å². The number of Topliss-reactive ketones (excluding diaryl/α,β-unsaturated/α-hetero) is 1. The van der Waals surface area contributed by atoms with Crippen LogP contribution in [0.5, 0.6) is 5.88 Å². The van der Waals surface area contributed by atoms with E-state index in [1.165, 1.54) is 7.11 Å². The fourth-order valence-electron chi connectivity index (χ4n) is 2.43. The normalized spacial score (nSPS) is 19.0. The Morgan fingerprint density at radius 1 is 1.52 bits per heavy atom. The van der Waals surface area contributed by atoms with Gasteiger partial charge in [0.05, 0.1) is 23.0 Å². The van der Waals surface area contributed by atoms with E-state index in [0.717, 1.165) is 0 Å². The van der Waals surface area contributed by atoms with Crippen LogP contribution in [0.25, 0.3) is 0 Å². The highest BCUT2D eigenvalue weighted by Crippen LogP contribution is 2.35. The minimum Gasteiger partial charge on any atom is -0.480 e. The first-order valence-electron chi connectivity index (χ1n) is 6.29. The van der Waals surface area contributed by atoms with Crippen LogP contribution in [0.1, 0.15) is 12.1 Å². The lowest BCUT2D eigenvalue weighted by atomic mass is 9.98. The molecule has 0 aliphatic carbocycles. The van der Waals surface area contributed by atoms with Crippen molar-refractivity contribution in [2.45, 2.75) is 19.0 Å². The van der Waals surface area contributed by atoms with Gasteiger partial charge in [0.2, 0.25) is 11.7 Å². The van der Waals surface area contributed by atoms with Gasteiger partial charge in [-0.25, -0.2) is 4.98 Å². The van der Waals surface area contributed by atoms with Crippen LogP contribution in [0.4, 0.5) is 18.9 Å². The molecule has 0 fully saturated rings. The Morgan fingerprint density at radius 3 is 2.76 bits per heavy atom. The van der Waals surface area contributed by atoms with E-state index >= 15 is 0 Å². The number of hydrogen-bond acceptors (Lipinski definition) is 4. The molecule has 1 aromatic rings. The maximum absolute atomic E-state index is 12.6. The van der Waals surface area contributed by atoms with Crippen LogP contribution in [-0.2, 0) is 11.2 Å². The lowest BCUT2D eigenvalue weighted by Crippen LogP contribution is -2.36. The number of pyridine rings is 1. The number of nitrogens with zero attached hydrogens (tertiary/aromatic N) is 2. The van der Waals surface area contributed by atoms with Crippen LogP contribution in [0.15, 0.2) is 10.5 Å². The molecule has 2 rings (SSSR count). The number of aryl methyl sites for hydroxylation is 1. The predicted molar refractivity (Wildman–Crippen MR) is 74.6 cm³/mol. The smallest absolute Gasteiger partial charge is 0.450 e. The van der Waals surface area contributed by atoms with Crippen LogP contribution in [0.3, 0.4) is 0 Å². The zero-order valence-corrected chi connectivity index (χ0v) is 13.1. The minimum absolute atomic E-state index is 0.0196. The predicted octanol–water partition coefficient (Wildman–Crippen LogP) is 2.98. The van der Waals surface area contributed by atoms with Crippen molar-refractivity contribution in [2.75, 3.05) is 25.6 Å². The number of hydrogen-bond donors (Lipinski definition) is 0. The second-order valence-electron chi connectivity index (χ2n) is 4.92. The largest absolute Gasteiger partial charge is 0.480 e. The summed E-state index contributed by atoms with van der Waals surface area (Å²) in [5.74, 6) is -2.37. The molecule has 1 atom stereocenters. The van der Waals surface area contributed by atoms with Crippen LogP contribution in [0.2, 0.25) is 0 Å². The number of ether oxygens (including phenoxy) is 1. The Balaban J connectivity index is 2.31. The van der Waals surface area contributed by atoms with Crippen molar-refractivity contribution in [1.82, 2.24) is 4.98 Å². The Kier molecular flexibility index (Phi) is 4.46. The van der Waals surface area contributed by atoms with Gasteiger partial charge in [0, 0.05) is 19.5 Å². The van der Waals surface area contributed by atoms with E-state index in [1.54, 1.807) is 18.0 Å². The van der Waals surface area contributed by atoms with Crippen molar-refractivity contribution in [3.63, 3.8) is 0 Å². The third-order valence-corrected chi connectivity index (χ3v) is 4.05. The highest BCUT2D eigenvalue weighted by atomic mass is 79.9. The molecular weight excluding hydrogens is 353 g/mol. The van der Waals surface area contributed by atoms with E-state index in [-0.39, 0.29) is 13.0 Å². The molecule has 0 saturated carbocycles. The van der Waals surface area contributed by atoms with E-state index in [4.69, 9.17) is 4.74 Å². The number of carbonyl (C=O) groups is 1. The number of alkyl halides is 3. The quantitative estimate of drug-likeness (QED) is 0.806. The summed E-state index contributed by atoms with van der Waals surface area (Å²) in [5, 5.41) is 0. The first kappa shape index (κ1) is 16.1. The topological polar surface area (TPSA) is 42.4 Å². The summed E-state index contributed by atoms with van der Waals surface area (Å²) >= 11 is 3.30. The highest BCUT2D eigenvalue weighted by molar-refractivity contribution is 9.10. The minimum atomic E-state index is -4.80. The summed E-state index contributed by atoms with van der Waals surface area (Å²) in [6.07, 6.45) is -4.38. The number of rotatable bonds is 2. The third kappa shape index (κ3) is 3.30. The number of halogens is 4. The molecule has 8 heteroatoms. The summed E-state index contributed by atoms with van der Waals surface area (Å²) < 4.78 is 43.5. The van der Waals surface area contributed by atoms with Crippen LogP contribution in [0, 0.1) is 5.92 Å². The van der Waals surface area contributed by atoms with Crippen LogP contribution < -0.4 is 9.64 Å². The molecule has 4 nitrogen and oxygen atoms in total. The molecule has 0 bridgehead atoms. The van der Waals surface area contributed by atoms with Crippen molar-refractivity contribution < 1.29 is 22.7 Å². The molecule has 1 aliphatic heterocycles. The molecule has 1 aliphatic rings. The molecule has 0 amide bonds. The van der Waals surface area contributed by atoms with Gasteiger partial charge >= 0.3 is 6.18 Å². The monoisotopic (exact) mass is 366 g/mol. The lowest BCUT2D eigenvalue weighted by molar-refractivity contribution is -0.175. The van der Waals surface area contributed by atoms with Crippen molar-refractivity contribution in [2.24, 2.45) is 5.92 Å². The van der Waals surface area contributed by atoms with Crippen molar-refractivity contribution in [1.29, 1.82) is 0 Å². The molecule has 0 aromatic carbocycles. The number of fused-ring (bicyclic) bond motifs is 1. The Morgan fingerprint density at radius 2 is 2.19 bits per heavy atom. The fraction of sp³-hybridized carbons (Fsp3) is 0.538. The van der Waals surface area contributed by atoms with Gasteiger partial charge in [-0.3, -0.25) is 4.79 Å². The maximum Gasteiger partial charge on any atom is 0.450 e. The third-order valence-electron chi connectivity index (χ3n) is 3.48. The zero-order chi connectivity index (χ0) is 15.8. The van der Waals surface area contributed by atoms with E-state index < -0.39 is 17.9 Å². The molecule has 0 N–H and O–H groups in total. The van der Waals surface area contributed by atoms with E-state index in [9.17, 15) is 18.0 Å². The fourth-order valence-corrected chi connectivity index (χ4v) is 2.90. The zero-order valence-electron chi connectivity index (χ0n) is 11.5. The first-order valence-corrected chi connectivity index (χ1v) is 7.09. The number of ketones is 1. The summed E-state index contributed by atoms with van der Waals surface area (Å²) in [5.41, 5.74) is 1.34. The van der Waals surface area contributed by atoms with Gasteiger partial charge in [0.25, 0.3) is 0 Å². The molecule has 0 spiro atoms. The number of anilines is 1. The number of aromatic nitrogens is 1. The van der Waals surface area contributed by atoms with Gasteiger partial charge in [-0.2, -0.15) is 13.2 Å². The standard InChI is InChI=1S/C13H14BrF3N2O2/c1-19-6-7(11(20)13(15,16)17)3-4-9-10(19)5-8(14)12(18-9)21-2/h5,7H,3-4,6H2,1-2H3. The summed E-state index contributed by atoms with van der Waals surface area (Å²) in [4.78, 5) is 17.4. The second-order valence-corrected chi connectivity index (χ2v) is 5.78. The highest BCUT2D eigenvalue weighted by Gasteiger charge is 2.44. The van der Waals surface area contributed by atoms with E-state index in [0.29, 0.717) is 28.2 Å². The summed E-state index contributed by atoms with van der Waals surface area (Å²) in [6, 6.07) is 1.75. The van der Waals surface area contributed by atoms with Crippen molar-refractivity contribution >= 4 is 27.4 Å². The number of carbonyl (C=O) groups excluding carboxylic acids is 1. The Labute approximate surface area is 128 Å². The second kappa shape index (κ2) is 5.82. The van der Waals surface area contributed by atoms with Crippen LogP contribution >= 0.6 is 15.9 Å². The van der Waals surface area contributed by atoms with Crippen molar-refractivity contribution in [3.8, 4) is 5.88 Å². The molecule has 116 valence electrons. The summed E-state index contributed by atoms with van der Waals surface area (Å²) in [7, 11) is 3.12. The molecule has 0 saturated heterocycles. The van der Waals surface area contributed by atoms with Gasteiger partial charge in [0.15, 0.2) is 0 Å².